The molecule has 2 aliphatic heterocycles. The molecule has 1 aromatic heterocycles. The topological polar surface area (TPSA) is 168 Å². The second-order valence-electron chi connectivity index (χ2n) is 15.2. The first-order chi connectivity index (χ1) is 26.3. The number of likely N-dealkylation sites (tertiary alicyclic amines) is 2. The maximum absolute atomic E-state index is 13.6. The van der Waals surface area contributed by atoms with Gasteiger partial charge in [0.1, 0.15) is 17.6 Å². The number of amides is 3. The molecule has 55 heavy (non-hydrogen) atoms. The summed E-state index contributed by atoms with van der Waals surface area (Å²) in [6.45, 7) is 8.51. The third kappa shape index (κ3) is 9.86. The Labute approximate surface area is 322 Å². The lowest BCUT2D eigenvalue weighted by Crippen LogP contribution is -2.53. The smallest absolute Gasteiger partial charge is 0.407 e. The highest BCUT2D eigenvalue weighted by molar-refractivity contribution is 6.04. The van der Waals surface area contributed by atoms with Crippen LogP contribution in [0.1, 0.15) is 83.6 Å². The van der Waals surface area contributed by atoms with Gasteiger partial charge in [-0.15, -0.1) is 0 Å². The number of aromatic nitrogens is 2. The monoisotopic (exact) mass is 755 g/mol. The summed E-state index contributed by atoms with van der Waals surface area (Å²) in [6.07, 6.45) is 3.71. The molecule has 5 rings (SSSR count). The molecule has 294 valence electrons. The zero-order chi connectivity index (χ0) is 39.8. The van der Waals surface area contributed by atoms with Gasteiger partial charge in [0.05, 0.1) is 57.0 Å². The molecule has 2 saturated heterocycles. The van der Waals surface area contributed by atoms with Crippen molar-refractivity contribution in [1.29, 1.82) is 0 Å². The average Bonchev–Trinajstić information content (AvgIpc) is 3.97. The molecule has 0 saturated carbocycles. The number of aromatic amines is 1. The summed E-state index contributed by atoms with van der Waals surface area (Å²) in [4.78, 5) is 88.4. The Morgan fingerprint density at radius 3 is 2.04 bits per heavy atom. The number of carbonyl (C=O) groups is 6. The van der Waals surface area contributed by atoms with Crippen molar-refractivity contribution in [1.82, 2.24) is 25.1 Å². The number of H-pyrrole nitrogens is 1. The lowest BCUT2D eigenvalue weighted by molar-refractivity contribution is -0.148. The van der Waals surface area contributed by atoms with Gasteiger partial charge in [-0.3, -0.25) is 24.0 Å². The number of hydrogen-bond acceptors (Lipinski definition) is 9. The quantitative estimate of drug-likeness (QED) is 0.146. The van der Waals surface area contributed by atoms with Gasteiger partial charge in [0.25, 0.3) is 0 Å². The van der Waals surface area contributed by atoms with E-state index in [1.165, 1.54) is 19.1 Å². The molecule has 2 fully saturated rings. The van der Waals surface area contributed by atoms with Gasteiger partial charge in [0, 0.05) is 19.5 Å². The Bertz CT molecular complexity index is 1850. The Kier molecular flexibility index (Phi) is 13.6. The first-order valence-corrected chi connectivity index (χ1v) is 19.1. The molecule has 0 bridgehead atoms. The van der Waals surface area contributed by atoms with Crippen LogP contribution in [-0.2, 0) is 39.9 Å². The Balaban J connectivity index is 1.17. The number of benzene rings is 2. The van der Waals surface area contributed by atoms with Crippen molar-refractivity contribution >= 4 is 35.4 Å². The first-order valence-electron chi connectivity index (χ1n) is 19.1. The van der Waals surface area contributed by atoms with Crippen molar-refractivity contribution in [3.8, 4) is 22.4 Å². The molecule has 0 unspecified atom stereocenters. The van der Waals surface area contributed by atoms with Gasteiger partial charge in [-0.05, 0) is 59.8 Å². The van der Waals surface area contributed by atoms with Crippen molar-refractivity contribution in [3.63, 3.8) is 0 Å². The summed E-state index contributed by atoms with van der Waals surface area (Å²) in [7, 11) is 2.57. The van der Waals surface area contributed by atoms with E-state index in [2.05, 4.69) is 20.0 Å². The zero-order valence-electron chi connectivity index (χ0n) is 32.6. The maximum atomic E-state index is 13.6. The number of nitrogens with zero attached hydrogens (tertiary/aromatic N) is 3. The minimum atomic E-state index is -0.832. The van der Waals surface area contributed by atoms with Crippen molar-refractivity contribution in [2.24, 2.45) is 17.8 Å². The van der Waals surface area contributed by atoms with Crippen molar-refractivity contribution in [2.75, 3.05) is 27.3 Å². The van der Waals surface area contributed by atoms with Crippen LogP contribution in [0.5, 0.6) is 0 Å². The van der Waals surface area contributed by atoms with Crippen LogP contribution in [0.25, 0.3) is 22.4 Å². The van der Waals surface area contributed by atoms with E-state index in [1.807, 2.05) is 81.1 Å². The van der Waals surface area contributed by atoms with Crippen LogP contribution in [0, 0.1) is 17.8 Å². The summed E-state index contributed by atoms with van der Waals surface area (Å²) in [5.74, 6) is -1.26. The lowest BCUT2D eigenvalue weighted by atomic mass is 9.91. The molecular formula is C42H53N5O8. The van der Waals surface area contributed by atoms with Crippen LogP contribution in [0.4, 0.5) is 4.79 Å². The van der Waals surface area contributed by atoms with Crippen LogP contribution < -0.4 is 5.32 Å². The molecule has 0 spiro atoms. The number of esters is 1. The number of hydrogen-bond donors (Lipinski definition) is 2. The van der Waals surface area contributed by atoms with Crippen molar-refractivity contribution in [3.05, 3.63) is 66.1 Å². The number of nitrogens with one attached hydrogen (secondary N) is 2. The fourth-order valence-corrected chi connectivity index (χ4v) is 7.55. The fourth-order valence-electron chi connectivity index (χ4n) is 7.55. The Morgan fingerprint density at radius 2 is 1.42 bits per heavy atom. The highest BCUT2D eigenvalue weighted by Gasteiger charge is 2.40. The van der Waals surface area contributed by atoms with Gasteiger partial charge in [0.2, 0.25) is 11.8 Å². The van der Waals surface area contributed by atoms with E-state index in [4.69, 9.17) is 4.74 Å². The van der Waals surface area contributed by atoms with E-state index >= 15 is 0 Å². The summed E-state index contributed by atoms with van der Waals surface area (Å²) < 4.78 is 9.52. The number of imidazole rings is 1. The Hall–Kier alpha value is -5.33. The number of ketones is 2. The lowest BCUT2D eigenvalue weighted by Gasteiger charge is -2.30. The number of rotatable bonds is 15. The molecule has 13 nitrogen and oxygen atoms in total. The van der Waals surface area contributed by atoms with Gasteiger partial charge in [0.15, 0.2) is 5.78 Å². The molecular weight excluding hydrogens is 702 g/mol. The minimum absolute atomic E-state index is 0.00969. The standard InChI is InChI=1S/C42H53N5O8/c1-25(2)32(23-37(50)54-5)40(51)47-20-8-10-35(47)39-43-24-33(44-39)30-17-15-29(16-18-30)28-13-11-27(12-14-28)21-31(48)22-36(49)34-9-7-19-46(34)41(52)38(26(3)4)45-42(53)55-6/h11-18,24-26,32,34-35,38H,7-10,19-23H2,1-6H3,(H,43,44)(H,45,53)/t32-,34-,35-,38-/m0/s1. The second kappa shape index (κ2) is 18.3. The Morgan fingerprint density at radius 1 is 0.800 bits per heavy atom. The number of Topliss-reactive ketones (excluding diaryl/α,β-unsaturated/α-hetero) is 2. The van der Waals surface area contributed by atoms with Crippen LogP contribution in [0.15, 0.2) is 54.7 Å². The summed E-state index contributed by atoms with van der Waals surface area (Å²) >= 11 is 0. The highest BCUT2D eigenvalue weighted by atomic mass is 16.5. The zero-order valence-corrected chi connectivity index (χ0v) is 32.6. The summed E-state index contributed by atoms with van der Waals surface area (Å²) in [5, 5.41) is 2.57. The predicted octanol–water partition coefficient (Wildman–Crippen LogP) is 5.68. The van der Waals surface area contributed by atoms with Gasteiger partial charge >= 0.3 is 12.1 Å². The molecule has 2 N–H and O–H groups in total. The molecule has 0 aliphatic carbocycles. The summed E-state index contributed by atoms with van der Waals surface area (Å²) in [6, 6.07) is 14.0. The van der Waals surface area contributed by atoms with Gasteiger partial charge in [-0.1, -0.05) is 76.2 Å². The maximum Gasteiger partial charge on any atom is 0.407 e. The van der Waals surface area contributed by atoms with Crippen LogP contribution in [-0.4, -0.2) is 94.6 Å². The van der Waals surface area contributed by atoms with Crippen molar-refractivity contribution < 1.29 is 38.2 Å². The van der Waals surface area contributed by atoms with Crippen LogP contribution in [0.3, 0.4) is 0 Å². The SMILES string of the molecule is COC(=O)C[C@H](C(=O)N1CCC[C@H]1c1ncc(-c2ccc(-c3ccc(CC(=O)CC(=O)[C@@H]4CCCN4C(=O)[C@@H](NC(=O)OC)C(C)C)cc3)cc2)[nH]1)C(C)C. The van der Waals surface area contributed by atoms with E-state index in [-0.39, 0.29) is 60.5 Å². The largest absolute Gasteiger partial charge is 0.469 e. The highest BCUT2D eigenvalue weighted by Crippen LogP contribution is 2.35. The summed E-state index contributed by atoms with van der Waals surface area (Å²) in [5.41, 5.74) is 4.52. The van der Waals surface area contributed by atoms with E-state index in [9.17, 15) is 28.8 Å². The first kappa shape index (κ1) is 40.8. The van der Waals surface area contributed by atoms with Crippen LogP contribution >= 0.6 is 0 Å². The van der Waals surface area contributed by atoms with E-state index in [0.29, 0.717) is 25.9 Å². The number of carbonyl (C=O) groups excluding carboxylic acids is 6. The number of alkyl carbamates (subject to hydrolysis) is 1. The number of methoxy groups -OCH3 is 2. The third-order valence-electron chi connectivity index (χ3n) is 10.7. The second-order valence-corrected chi connectivity index (χ2v) is 15.2. The minimum Gasteiger partial charge on any atom is -0.469 e. The van der Waals surface area contributed by atoms with Gasteiger partial charge in [-0.2, -0.15) is 0 Å². The third-order valence-corrected chi connectivity index (χ3v) is 10.7. The molecule has 2 aromatic carbocycles. The molecule has 4 atom stereocenters. The molecule has 13 heteroatoms. The van der Waals surface area contributed by atoms with E-state index in [0.717, 1.165) is 46.6 Å². The average molecular weight is 756 g/mol. The van der Waals surface area contributed by atoms with E-state index in [1.54, 1.807) is 6.20 Å². The van der Waals surface area contributed by atoms with Gasteiger partial charge in [-0.25, -0.2) is 9.78 Å². The van der Waals surface area contributed by atoms with Crippen molar-refractivity contribution in [2.45, 2.75) is 90.8 Å². The molecule has 0 radical (unpaired) electrons. The van der Waals surface area contributed by atoms with Crippen LogP contribution in [0.2, 0.25) is 0 Å². The molecule has 3 amide bonds. The number of ether oxygens (including phenoxy) is 2. The van der Waals surface area contributed by atoms with Gasteiger partial charge < -0.3 is 29.6 Å². The molecule has 2 aliphatic rings. The molecule has 3 aromatic rings. The normalized spacial score (nSPS) is 18.0. The van der Waals surface area contributed by atoms with E-state index < -0.39 is 30.1 Å². The fraction of sp³-hybridized carbons (Fsp3) is 0.500. The molecule has 3 heterocycles. The predicted molar refractivity (Wildman–Crippen MR) is 205 cm³/mol.